The van der Waals surface area contributed by atoms with Gasteiger partial charge in [0.05, 0.1) is 6.33 Å². The Balaban J connectivity index is 1.99. The quantitative estimate of drug-likeness (QED) is 0.452. The lowest BCUT2D eigenvalue weighted by Gasteiger charge is -2.16. The van der Waals surface area contributed by atoms with E-state index in [4.69, 9.17) is 10.5 Å². The Morgan fingerprint density at radius 1 is 1.33 bits per heavy atom. The summed E-state index contributed by atoms with van der Waals surface area (Å²) in [7, 11) is 0. The van der Waals surface area contributed by atoms with Crippen LogP contribution in [0.3, 0.4) is 0 Å². The normalized spacial score (nSPS) is 30.6. The van der Waals surface area contributed by atoms with Gasteiger partial charge >= 0.3 is 0 Å². The fraction of sp³-hybridized carbons (Fsp3) is 0.455. The maximum Gasteiger partial charge on any atom is 0.167 e. The van der Waals surface area contributed by atoms with Crippen molar-refractivity contribution in [2.75, 3.05) is 5.73 Å². The van der Waals surface area contributed by atoms with E-state index in [1.165, 1.54) is 17.2 Å². The van der Waals surface area contributed by atoms with Gasteiger partial charge in [-0.3, -0.25) is 4.57 Å². The monoisotopic (exact) mass is 295 g/mol. The molecule has 0 saturated carbocycles. The lowest BCUT2D eigenvalue weighted by atomic mass is 10.1. The van der Waals surface area contributed by atoms with Gasteiger partial charge in [0.25, 0.3) is 0 Å². The van der Waals surface area contributed by atoms with Gasteiger partial charge in [0.1, 0.15) is 36.3 Å². The van der Waals surface area contributed by atoms with Gasteiger partial charge in [-0.1, -0.05) is 0 Å². The standard InChI is InChI=1S/C11H13N5O5/c12-9-5-10(14-2-13-9)16(3-15-5)11-7(20)6(19)8(21-11)4(18)1-17/h1-4,6-8,11,18-20H,(H2,12,13,14)/t4?,6-,7+,8+,11+/m0/s1. The second kappa shape index (κ2) is 5.00. The molecule has 2 aromatic rings. The Labute approximate surface area is 117 Å². The first-order chi connectivity index (χ1) is 10.0. The van der Waals surface area contributed by atoms with Crippen molar-refractivity contribution in [3.05, 3.63) is 12.7 Å². The van der Waals surface area contributed by atoms with Crippen molar-refractivity contribution in [1.29, 1.82) is 0 Å². The number of hydrogen-bond acceptors (Lipinski definition) is 9. The van der Waals surface area contributed by atoms with E-state index in [1.807, 2.05) is 0 Å². The fourth-order valence-corrected chi connectivity index (χ4v) is 2.33. The Kier molecular flexibility index (Phi) is 3.29. The van der Waals surface area contributed by atoms with Crippen LogP contribution < -0.4 is 5.73 Å². The zero-order valence-corrected chi connectivity index (χ0v) is 10.6. The van der Waals surface area contributed by atoms with Crippen molar-refractivity contribution in [1.82, 2.24) is 19.5 Å². The van der Waals surface area contributed by atoms with Gasteiger partial charge in [0, 0.05) is 0 Å². The first kappa shape index (κ1) is 13.8. The van der Waals surface area contributed by atoms with Crippen LogP contribution in [0.5, 0.6) is 0 Å². The molecule has 0 amide bonds. The summed E-state index contributed by atoms with van der Waals surface area (Å²) in [5.74, 6) is 0.163. The molecule has 10 nitrogen and oxygen atoms in total. The van der Waals surface area contributed by atoms with E-state index in [2.05, 4.69) is 15.0 Å². The lowest BCUT2D eigenvalue weighted by Crippen LogP contribution is -2.39. The number of aliphatic hydroxyl groups excluding tert-OH is 3. The summed E-state index contributed by atoms with van der Waals surface area (Å²) < 4.78 is 6.73. The number of anilines is 1. The molecule has 0 spiro atoms. The molecule has 0 radical (unpaired) electrons. The van der Waals surface area contributed by atoms with Crippen molar-refractivity contribution in [2.24, 2.45) is 0 Å². The van der Waals surface area contributed by atoms with Crippen LogP contribution in [0.25, 0.3) is 11.2 Å². The molecule has 5 N–H and O–H groups in total. The Hall–Kier alpha value is -2.14. The highest BCUT2D eigenvalue weighted by molar-refractivity contribution is 5.81. The molecule has 2 aromatic heterocycles. The second-order valence-corrected chi connectivity index (χ2v) is 4.68. The molecule has 0 aliphatic carbocycles. The molecule has 0 aromatic carbocycles. The number of nitrogens with zero attached hydrogens (tertiary/aromatic N) is 4. The smallest absolute Gasteiger partial charge is 0.167 e. The number of hydrogen-bond donors (Lipinski definition) is 4. The zero-order chi connectivity index (χ0) is 15.1. The largest absolute Gasteiger partial charge is 0.387 e. The molecule has 1 aliphatic heterocycles. The summed E-state index contributed by atoms with van der Waals surface area (Å²) in [6.07, 6.45) is -3.84. The number of nitrogen functional groups attached to an aromatic ring is 1. The second-order valence-electron chi connectivity index (χ2n) is 4.68. The molecule has 1 saturated heterocycles. The number of carbonyl (C=O) groups excluding carboxylic acids is 1. The number of aldehydes is 1. The van der Waals surface area contributed by atoms with E-state index in [9.17, 15) is 20.1 Å². The molecule has 3 rings (SSSR count). The molecule has 21 heavy (non-hydrogen) atoms. The van der Waals surface area contributed by atoms with Gasteiger partial charge in [-0.2, -0.15) is 0 Å². The molecular formula is C11H13N5O5. The van der Waals surface area contributed by atoms with E-state index in [1.54, 1.807) is 0 Å². The molecule has 0 bridgehead atoms. The van der Waals surface area contributed by atoms with Gasteiger partial charge in [-0.25, -0.2) is 15.0 Å². The van der Waals surface area contributed by atoms with Crippen LogP contribution in [0.4, 0.5) is 5.82 Å². The van der Waals surface area contributed by atoms with Gasteiger partial charge in [-0.05, 0) is 0 Å². The number of aliphatic hydroxyl groups is 3. The maximum absolute atomic E-state index is 10.6. The number of fused-ring (bicyclic) bond motifs is 1. The van der Waals surface area contributed by atoms with E-state index in [-0.39, 0.29) is 12.1 Å². The number of carbonyl (C=O) groups is 1. The van der Waals surface area contributed by atoms with Crippen LogP contribution in [0, 0.1) is 0 Å². The molecule has 3 heterocycles. The van der Waals surface area contributed by atoms with Gasteiger partial charge < -0.3 is 30.6 Å². The summed E-state index contributed by atoms with van der Waals surface area (Å²) in [4.78, 5) is 22.4. The van der Waals surface area contributed by atoms with E-state index in [0.29, 0.717) is 11.2 Å². The molecule has 1 unspecified atom stereocenters. The number of ether oxygens (including phenoxy) is 1. The van der Waals surface area contributed by atoms with Crippen LogP contribution in [0.2, 0.25) is 0 Å². The summed E-state index contributed by atoms with van der Waals surface area (Å²) in [6, 6.07) is 0. The first-order valence-corrected chi connectivity index (χ1v) is 6.12. The zero-order valence-electron chi connectivity index (χ0n) is 10.6. The predicted octanol–water partition coefficient (Wildman–Crippen LogP) is -2.41. The minimum absolute atomic E-state index is 0.163. The van der Waals surface area contributed by atoms with Crippen LogP contribution in [0.1, 0.15) is 6.23 Å². The Morgan fingerprint density at radius 3 is 2.81 bits per heavy atom. The van der Waals surface area contributed by atoms with Crippen molar-refractivity contribution in [2.45, 2.75) is 30.6 Å². The third kappa shape index (κ3) is 2.05. The fourth-order valence-electron chi connectivity index (χ4n) is 2.33. The molecule has 1 aliphatic rings. The van der Waals surface area contributed by atoms with Crippen molar-refractivity contribution in [3.63, 3.8) is 0 Å². The molecule has 1 fully saturated rings. The van der Waals surface area contributed by atoms with Crippen molar-refractivity contribution < 1.29 is 24.9 Å². The van der Waals surface area contributed by atoms with Crippen molar-refractivity contribution in [3.8, 4) is 0 Å². The van der Waals surface area contributed by atoms with Crippen LogP contribution >= 0.6 is 0 Å². The van der Waals surface area contributed by atoms with Crippen molar-refractivity contribution >= 4 is 23.3 Å². The molecule has 5 atom stereocenters. The third-order valence-corrected chi connectivity index (χ3v) is 3.41. The molecular weight excluding hydrogens is 282 g/mol. The maximum atomic E-state index is 10.6. The summed E-state index contributed by atoms with van der Waals surface area (Å²) in [5, 5.41) is 29.4. The SMILES string of the molecule is Nc1ncnc2c1ncn2[C@@H]1O[C@H](C(O)C=O)[C@@H](O)[C@H]1O. The van der Waals surface area contributed by atoms with Gasteiger partial charge in [0.2, 0.25) is 0 Å². The highest BCUT2D eigenvalue weighted by Crippen LogP contribution is 2.32. The molecule has 10 heteroatoms. The van der Waals surface area contributed by atoms with Gasteiger partial charge in [0.15, 0.2) is 24.0 Å². The molecule has 112 valence electrons. The first-order valence-electron chi connectivity index (χ1n) is 6.12. The van der Waals surface area contributed by atoms with E-state index in [0.717, 1.165) is 0 Å². The minimum Gasteiger partial charge on any atom is -0.387 e. The van der Waals surface area contributed by atoms with Crippen LogP contribution in [-0.2, 0) is 9.53 Å². The van der Waals surface area contributed by atoms with Crippen LogP contribution in [0.15, 0.2) is 12.7 Å². The average molecular weight is 295 g/mol. The van der Waals surface area contributed by atoms with E-state index >= 15 is 0 Å². The van der Waals surface area contributed by atoms with Gasteiger partial charge in [-0.15, -0.1) is 0 Å². The average Bonchev–Trinajstić information content (AvgIpc) is 3.02. The highest BCUT2D eigenvalue weighted by Gasteiger charge is 2.47. The third-order valence-electron chi connectivity index (χ3n) is 3.41. The summed E-state index contributed by atoms with van der Waals surface area (Å²) in [5.41, 5.74) is 6.29. The summed E-state index contributed by atoms with van der Waals surface area (Å²) >= 11 is 0. The minimum atomic E-state index is -1.55. The Bertz CT molecular complexity index is 676. The van der Waals surface area contributed by atoms with E-state index < -0.39 is 30.6 Å². The number of rotatable bonds is 3. The highest BCUT2D eigenvalue weighted by atomic mass is 16.6. The predicted molar refractivity (Wildman–Crippen MR) is 67.7 cm³/mol. The number of aromatic nitrogens is 4. The van der Waals surface area contributed by atoms with Crippen LogP contribution in [-0.4, -0.2) is 65.5 Å². The summed E-state index contributed by atoms with van der Waals surface area (Å²) in [6.45, 7) is 0. The lowest BCUT2D eigenvalue weighted by molar-refractivity contribution is -0.129. The number of imidazole rings is 1. The topological polar surface area (TPSA) is 157 Å². The Morgan fingerprint density at radius 2 is 2.10 bits per heavy atom. The number of nitrogens with two attached hydrogens (primary N) is 1.